The number of carbonyl (C=O) groups excluding carboxylic acids is 2. The summed E-state index contributed by atoms with van der Waals surface area (Å²) in [6.45, 7) is 4.92. The summed E-state index contributed by atoms with van der Waals surface area (Å²) in [4.78, 5) is 37.2. The maximum absolute atomic E-state index is 13.2. The Bertz CT molecular complexity index is 1120. The molecule has 4 rings (SSSR count). The monoisotopic (exact) mass is 498 g/mol. The molecule has 1 N–H and O–H groups in total. The van der Waals surface area contributed by atoms with Gasteiger partial charge in [0.2, 0.25) is 5.91 Å². The number of hydrogen-bond acceptors (Lipinski definition) is 5. The lowest BCUT2D eigenvalue weighted by Gasteiger charge is -2.31. The molecular weight excluding hydrogens is 476 g/mol. The first-order valence-corrected chi connectivity index (χ1v) is 11.8. The lowest BCUT2D eigenvalue weighted by molar-refractivity contribution is -0.121. The van der Waals surface area contributed by atoms with Gasteiger partial charge in [0.25, 0.3) is 5.91 Å². The number of halogens is 1. The Hall–Kier alpha value is -2.58. The molecule has 1 aliphatic rings. The van der Waals surface area contributed by atoms with Gasteiger partial charge in [-0.2, -0.15) is 0 Å². The third-order valence-electron chi connectivity index (χ3n) is 5.42. The highest BCUT2D eigenvalue weighted by Crippen LogP contribution is 2.30. The minimum absolute atomic E-state index is 0.0506. The van der Waals surface area contributed by atoms with Gasteiger partial charge in [-0.1, -0.05) is 22.0 Å². The zero-order valence-corrected chi connectivity index (χ0v) is 19.8. The van der Waals surface area contributed by atoms with E-state index in [0.717, 1.165) is 39.1 Å². The van der Waals surface area contributed by atoms with Gasteiger partial charge in [0, 0.05) is 41.2 Å². The third-order valence-corrected chi connectivity index (χ3v) is 7.47. The van der Waals surface area contributed by atoms with Crippen LogP contribution in [0.3, 0.4) is 0 Å². The number of aromatic nitrogens is 2. The summed E-state index contributed by atoms with van der Waals surface area (Å²) in [7, 11) is 0. The predicted molar refractivity (Wildman–Crippen MR) is 126 cm³/mol. The first-order chi connectivity index (χ1) is 14.9. The van der Waals surface area contributed by atoms with Crippen LogP contribution < -0.4 is 5.32 Å². The molecule has 3 aromatic rings. The maximum atomic E-state index is 13.2. The molecule has 6 nitrogen and oxygen atoms in total. The van der Waals surface area contributed by atoms with Crippen LogP contribution in [0.1, 0.15) is 33.8 Å². The average molecular weight is 499 g/mol. The Kier molecular flexibility index (Phi) is 6.48. The molecule has 0 bridgehead atoms. The Labute approximate surface area is 193 Å². The predicted octanol–water partition coefficient (Wildman–Crippen LogP) is 5.08. The number of rotatable bonds is 4. The number of pyridine rings is 1. The SMILES string of the molecule is Cc1ccc(NC(=O)C2CCCN(C(=O)c3sc(-c4cccnc4)nc3C)C2)cc1Br. The fraction of sp³-hybridized carbons (Fsp3) is 0.304. The number of benzene rings is 1. The molecule has 3 heterocycles. The number of nitrogens with one attached hydrogen (secondary N) is 1. The third kappa shape index (κ3) is 4.85. The van der Waals surface area contributed by atoms with Crippen LogP contribution in [-0.2, 0) is 4.79 Å². The normalized spacial score (nSPS) is 16.2. The van der Waals surface area contributed by atoms with E-state index in [2.05, 4.69) is 31.2 Å². The Morgan fingerprint density at radius 1 is 1.26 bits per heavy atom. The Balaban J connectivity index is 1.45. The molecular formula is C23H23BrN4O2S. The molecule has 1 fully saturated rings. The smallest absolute Gasteiger partial charge is 0.265 e. The van der Waals surface area contributed by atoms with E-state index < -0.39 is 0 Å². The number of anilines is 1. The van der Waals surface area contributed by atoms with Gasteiger partial charge in [0.15, 0.2) is 0 Å². The van der Waals surface area contributed by atoms with Crippen molar-refractivity contribution in [3.05, 3.63) is 63.3 Å². The van der Waals surface area contributed by atoms with Crippen molar-refractivity contribution in [2.45, 2.75) is 26.7 Å². The van der Waals surface area contributed by atoms with Crippen molar-refractivity contribution in [3.63, 3.8) is 0 Å². The molecule has 0 aliphatic carbocycles. The summed E-state index contributed by atoms with van der Waals surface area (Å²) in [5, 5.41) is 3.77. The number of thiazole rings is 1. The Morgan fingerprint density at radius 3 is 2.84 bits per heavy atom. The van der Waals surface area contributed by atoms with Gasteiger partial charge >= 0.3 is 0 Å². The summed E-state index contributed by atoms with van der Waals surface area (Å²) in [6, 6.07) is 9.55. The maximum Gasteiger partial charge on any atom is 0.265 e. The molecule has 1 aliphatic heterocycles. The molecule has 8 heteroatoms. The number of hydrogen-bond donors (Lipinski definition) is 1. The topological polar surface area (TPSA) is 75.2 Å². The number of amides is 2. The highest BCUT2D eigenvalue weighted by Gasteiger charge is 2.31. The number of carbonyl (C=O) groups is 2. The van der Waals surface area contributed by atoms with Gasteiger partial charge < -0.3 is 10.2 Å². The molecule has 1 unspecified atom stereocenters. The van der Waals surface area contributed by atoms with Gasteiger partial charge in [-0.05, 0) is 56.5 Å². The second-order valence-electron chi connectivity index (χ2n) is 7.72. The highest BCUT2D eigenvalue weighted by molar-refractivity contribution is 9.10. The van der Waals surface area contributed by atoms with Gasteiger partial charge in [-0.25, -0.2) is 4.98 Å². The molecule has 0 radical (unpaired) electrons. The molecule has 160 valence electrons. The summed E-state index contributed by atoms with van der Waals surface area (Å²) in [5.41, 5.74) is 3.48. The van der Waals surface area contributed by atoms with E-state index in [4.69, 9.17) is 0 Å². The highest BCUT2D eigenvalue weighted by atomic mass is 79.9. The van der Waals surface area contributed by atoms with Crippen molar-refractivity contribution in [1.82, 2.24) is 14.9 Å². The minimum Gasteiger partial charge on any atom is -0.337 e. The van der Waals surface area contributed by atoms with Crippen molar-refractivity contribution in [2.24, 2.45) is 5.92 Å². The van der Waals surface area contributed by atoms with E-state index in [-0.39, 0.29) is 17.7 Å². The summed E-state index contributed by atoms with van der Waals surface area (Å²) >= 11 is 4.88. The fourth-order valence-electron chi connectivity index (χ4n) is 3.64. The Morgan fingerprint density at radius 2 is 2.10 bits per heavy atom. The molecule has 2 aromatic heterocycles. The van der Waals surface area contributed by atoms with Crippen molar-refractivity contribution < 1.29 is 9.59 Å². The van der Waals surface area contributed by atoms with Crippen molar-refractivity contribution >= 4 is 44.8 Å². The second-order valence-corrected chi connectivity index (χ2v) is 9.57. The van der Waals surface area contributed by atoms with Crippen LogP contribution >= 0.6 is 27.3 Å². The second kappa shape index (κ2) is 9.28. The molecule has 0 saturated carbocycles. The van der Waals surface area contributed by atoms with Crippen LogP contribution in [0.25, 0.3) is 10.6 Å². The standard InChI is InChI=1S/C23H23BrN4O2S/c1-14-7-8-18(11-19(14)24)27-21(29)17-6-4-10-28(13-17)23(30)20-15(2)26-22(31-20)16-5-3-9-25-12-16/h3,5,7-9,11-12,17H,4,6,10,13H2,1-2H3,(H,27,29). The van der Waals surface area contributed by atoms with E-state index in [1.165, 1.54) is 11.3 Å². The number of nitrogens with zero attached hydrogens (tertiary/aromatic N) is 3. The summed E-state index contributed by atoms with van der Waals surface area (Å²) < 4.78 is 0.954. The van der Waals surface area contributed by atoms with Crippen molar-refractivity contribution in [3.8, 4) is 10.6 Å². The van der Waals surface area contributed by atoms with Gasteiger partial charge in [0.05, 0.1) is 11.6 Å². The molecule has 2 amide bonds. The molecule has 1 atom stereocenters. The fourth-order valence-corrected chi connectivity index (χ4v) is 5.04. The van der Waals surface area contributed by atoms with E-state index in [0.29, 0.717) is 23.7 Å². The first kappa shape index (κ1) is 21.6. The molecule has 31 heavy (non-hydrogen) atoms. The minimum atomic E-state index is -0.233. The van der Waals surface area contributed by atoms with Gasteiger partial charge in [0.1, 0.15) is 9.88 Å². The van der Waals surface area contributed by atoms with Crippen LogP contribution in [0, 0.1) is 19.8 Å². The zero-order chi connectivity index (χ0) is 22.0. The van der Waals surface area contributed by atoms with Crippen LogP contribution in [-0.4, -0.2) is 39.8 Å². The van der Waals surface area contributed by atoms with E-state index in [9.17, 15) is 9.59 Å². The summed E-state index contributed by atoms with van der Waals surface area (Å²) in [6.07, 6.45) is 5.03. The van der Waals surface area contributed by atoms with Crippen LogP contribution in [0.5, 0.6) is 0 Å². The summed E-state index contributed by atoms with van der Waals surface area (Å²) in [5.74, 6) is -0.338. The largest absolute Gasteiger partial charge is 0.337 e. The number of aryl methyl sites for hydroxylation is 2. The van der Waals surface area contributed by atoms with E-state index >= 15 is 0 Å². The van der Waals surface area contributed by atoms with Gasteiger partial charge in [-0.3, -0.25) is 14.6 Å². The molecule has 1 aromatic carbocycles. The molecule has 1 saturated heterocycles. The number of piperidine rings is 1. The van der Waals surface area contributed by atoms with Crippen LogP contribution in [0.2, 0.25) is 0 Å². The van der Waals surface area contributed by atoms with E-state index in [1.54, 1.807) is 17.3 Å². The van der Waals surface area contributed by atoms with E-state index in [1.807, 2.05) is 44.2 Å². The lowest BCUT2D eigenvalue weighted by atomic mass is 9.96. The van der Waals surface area contributed by atoms with Crippen molar-refractivity contribution in [1.29, 1.82) is 0 Å². The zero-order valence-electron chi connectivity index (χ0n) is 17.4. The first-order valence-electron chi connectivity index (χ1n) is 10.2. The number of likely N-dealkylation sites (tertiary alicyclic amines) is 1. The average Bonchev–Trinajstić information content (AvgIpc) is 3.18. The van der Waals surface area contributed by atoms with Crippen LogP contribution in [0.15, 0.2) is 47.2 Å². The van der Waals surface area contributed by atoms with Gasteiger partial charge in [-0.15, -0.1) is 11.3 Å². The lowest BCUT2D eigenvalue weighted by Crippen LogP contribution is -2.43. The quantitative estimate of drug-likeness (QED) is 0.544. The molecule has 0 spiro atoms. The van der Waals surface area contributed by atoms with Crippen LogP contribution in [0.4, 0.5) is 5.69 Å². The van der Waals surface area contributed by atoms with Crippen molar-refractivity contribution in [2.75, 3.05) is 18.4 Å².